The van der Waals surface area contributed by atoms with Gasteiger partial charge in [0.15, 0.2) is 0 Å². The van der Waals surface area contributed by atoms with E-state index in [0.29, 0.717) is 0 Å². The van der Waals surface area contributed by atoms with E-state index < -0.39 is 22.8 Å². The number of allylic oxidation sites excluding steroid dienone is 4. The molecule has 4 heteroatoms. The number of carboxylic acid groups (broad SMARTS) is 2. The summed E-state index contributed by atoms with van der Waals surface area (Å²) < 4.78 is 0. The second-order valence-corrected chi connectivity index (χ2v) is 7.17. The Kier molecular flexibility index (Phi) is 14.8. The molecule has 0 atom stereocenters. The highest BCUT2D eigenvalue weighted by Gasteiger charge is 2.19. The molecular formula is C19H36O4. The van der Waals surface area contributed by atoms with E-state index in [1.807, 2.05) is 6.92 Å². The van der Waals surface area contributed by atoms with Crippen LogP contribution >= 0.6 is 0 Å². The Morgan fingerprint density at radius 3 is 1.22 bits per heavy atom. The van der Waals surface area contributed by atoms with Crippen molar-refractivity contribution in [3.63, 3.8) is 0 Å². The molecule has 4 nitrogen and oxygen atoms in total. The lowest BCUT2D eigenvalue weighted by molar-refractivity contribution is -0.146. The maximum atomic E-state index is 10.0. The van der Waals surface area contributed by atoms with Crippen LogP contribution in [0.2, 0.25) is 0 Å². The third-order valence-corrected chi connectivity index (χ3v) is 2.72. The van der Waals surface area contributed by atoms with Crippen molar-refractivity contribution < 1.29 is 19.8 Å². The third-order valence-electron chi connectivity index (χ3n) is 2.72. The van der Waals surface area contributed by atoms with Crippen molar-refractivity contribution in [2.75, 3.05) is 0 Å². The minimum atomic E-state index is -0.757. The molecule has 0 rings (SSSR count). The monoisotopic (exact) mass is 328 g/mol. The van der Waals surface area contributed by atoms with Crippen molar-refractivity contribution in [3.8, 4) is 0 Å². The molecule has 0 aromatic heterocycles. The van der Waals surface area contributed by atoms with Crippen molar-refractivity contribution in [2.45, 2.75) is 75.2 Å². The fourth-order valence-electron chi connectivity index (χ4n) is 0.718. The topological polar surface area (TPSA) is 74.6 Å². The van der Waals surface area contributed by atoms with Crippen LogP contribution in [0, 0.1) is 10.8 Å². The lowest BCUT2D eigenvalue weighted by atomic mass is 9.98. The molecule has 0 aliphatic rings. The lowest BCUT2D eigenvalue weighted by Gasteiger charge is -2.08. The zero-order valence-electron chi connectivity index (χ0n) is 16.4. The van der Waals surface area contributed by atoms with E-state index in [1.165, 1.54) is 18.4 Å². The molecule has 23 heavy (non-hydrogen) atoms. The first-order valence-electron chi connectivity index (χ1n) is 8.01. The Bertz CT molecular complexity index is 361. The molecule has 2 N–H and O–H groups in total. The molecule has 0 unspecified atom stereocenters. The predicted molar refractivity (Wildman–Crippen MR) is 97.7 cm³/mol. The highest BCUT2D eigenvalue weighted by atomic mass is 16.4. The van der Waals surface area contributed by atoms with Gasteiger partial charge in [-0.1, -0.05) is 37.6 Å². The molecule has 0 amide bonds. The Morgan fingerprint density at radius 1 is 0.826 bits per heavy atom. The van der Waals surface area contributed by atoms with Crippen LogP contribution in [0.1, 0.15) is 75.2 Å². The van der Waals surface area contributed by atoms with Crippen LogP contribution in [0.5, 0.6) is 0 Å². The smallest absolute Gasteiger partial charge is 0.308 e. The molecule has 0 bridgehead atoms. The summed E-state index contributed by atoms with van der Waals surface area (Å²) in [5.41, 5.74) is 0.355. The number of hydrogen-bond donors (Lipinski definition) is 2. The summed E-state index contributed by atoms with van der Waals surface area (Å²) in [5, 5.41) is 16.5. The van der Waals surface area contributed by atoms with Gasteiger partial charge in [-0.15, -0.1) is 0 Å². The Labute approximate surface area is 142 Å². The minimum absolute atomic E-state index is 0.583. The van der Waals surface area contributed by atoms with Gasteiger partial charge in [-0.25, -0.2) is 0 Å². The van der Waals surface area contributed by atoms with Gasteiger partial charge in [0, 0.05) is 0 Å². The molecule has 0 heterocycles. The zero-order chi connectivity index (χ0) is 19.3. The molecule has 0 aliphatic heterocycles. The highest BCUT2D eigenvalue weighted by Crippen LogP contribution is 2.11. The first-order valence-corrected chi connectivity index (χ1v) is 8.01. The highest BCUT2D eigenvalue weighted by molar-refractivity contribution is 5.73. The van der Waals surface area contributed by atoms with E-state index in [2.05, 4.69) is 32.1 Å². The first-order chi connectivity index (χ1) is 10.2. The summed E-state index contributed by atoms with van der Waals surface area (Å²) in [4.78, 5) is 20.0. The zero-order valence-corrected chi connectivity index (χ0v) is 16.4. The summed E-state index contributed by atoms with van der Waals surface area (Å²) >= 11 is 0. The van der Waals surface area contributed by atoms with Crippen LogP contribution in [0.15, 0.2) is 23.8 Å². The molecule has 0 saturated carbocycles. The van der Waals surface area contributed by atoms with Gasteiger partial charge in [0.1, 0.15) is 0 Å². The van der Waals surface area contributed by atoms with Gasteiger partial charge < -0.3 is 10.2 Å². The van der Waals surface area contributed by atoms with Crippen LogP contribution in [-0.2, 0) is 9.59 Å². The van der Waals surface area contributed by atoms with Crippen LogP contribution < -0.4 is 0 Å². The third kappa shape index (κ3) is 20.4. The molecule has 0 radical (unpaired) electrons. The molecule has 136 valence electrons. The predicted octanol–water partition coefficient (Wildman–Crippen LogP) is 5.54. The average molecular weight is 328 g/mol. The molecule has 0 saturated heterocycles. The lowest BCUT2D eigenvalue weighted by Crippen LogP contribution is -2.18. The normalized spacial score (nSPS) is 10.8. The van der Waals surface area contributed by atoms with E-state index in [1.54, 1.807) is 41.5 Å². The Hall–Kier alpha value is -1.58. The van der Waals surface area contributed by atoms with Gasteiger partial charge in [-0.05, 0) is 61.3 Å². The molecule has 0 aromatic rings. The second-order valence-electron chi connectivity index (χ2n) is 7.17. The maximum absolute atomic E-state index is 10.0. The first kappa shape index (κ1) is 26.3. The van der Waals surface area contributed by atoms with Crippen molar-refractivity contribution >= 4 is 11.9 Å². The van der Waals surface area contributed by atoms with E-state index in [0.717, 1.165) is 0 Å². The maximum Gasteiger partial charge on any atom is 0.308 e. The summed E-state index contributed by atoms with van der Waals surface area (Å²) in [5.74, 6) is -1.51. The van der Waals surface area contributed by atoms with Crippen molar-refractivity contribution in [1.29, 1.82) is 0 Å². The minimum Gasteiger partial charge on any atom is -0.481 e. The van der Waals surface area contributed by atoms with Gasteiger partial charge in [-0.3, -0.25) is 9.59 Å². The molecule has 0 aliphatic carbocycles. The fourth-order valence-corrected chi connectivity index (χ4v) is 0.718. The van der Waals surface area contributed by atoms with E-state index >= 15 is 0 Å². The number of carbonyl (C=O) groups is 2. The van der Waals surface area contributed by atoms with Crippen LogP contribution in [0.4, 0.5) is 0 Å². The summed E-state index contributed by atoms with van der Waals surface area (Å²) in [6.45, 7) is 16.4. The summed E-state index contributed by atoms with van der Waals surface area (Å²) in [6, 6.07) is 0. The molecule has 0 spiro atoms. The SMILES string of the molecule is CC(C)(C)C(=O)O.CC(C)(C)C(=O)O.CC=CC=C(CC)CC. The van der Waals surface area contributed by atoms with Crippen molar-refractivity contribution in [1.82, 2.24) is 0 Å². The number of aliphatic carboxylic acids is 2. The van der Waals surface area contributed by atoms with Crippen LogP contribution in [0.25, 0.3) is 0 Å². The standard InChI is InChI=1S/C9H16.2C5H10O2/c1-4-7-8-9(5-2)6-3;2*1-5(2,3)4(6)7/h4,7-8H,5-6H2,1-3H3;2*1-3H3,(H,6,7). The van der Waals surface area contributed by atoms with Gasteiger partial charge in [-0.2, -0.15) is 0 Å². The van der Waals surface area contributed by atoms with Gasteiger partial charge in [0.05, 0.1) is 10.8 Å². The van der Waals surface area contributed by atoms with E-state index in [-0.39, 0.29) is 0 Å². The Morgan fingerprint density at radius 2 is 1.09 bits per heavy atom. The molecule has 0 fully saturated rings. The fraction of sp³-hybridized carbons (Fsp3) is 0.684. The molecule has 0 aromatic carbocycles. The number of rotatable bonds is 3. The second kappa shape index (κ2) is 12.9. The number of carboxylic acids is 2. The van der Waals surface area contributed by atoms with Gasteiger partial charge in [0.25, 0.3) is 0 Å². The van der Waals surface area contributed by atoms with Gasteiger partial charge >= 0.3 is 11.9 Å². The number of hydrogen-bond acceptors (Lipinski definition) is 2. The van der Waals surface area contributed by atoms with E-state index in [9.17, 15) is 9.59 Å². The Balaban J connectivity index is -0.000000264. The van der Waals surface area contributed by atoms with Crippen molar-refractivity contribution in [2.24, 2.45) is 10.8 Å². The van der Waals surface area contributed by atoms with Crippen molar-refractivity contribution in [3.05, 3.63) is 23.8 Å². The average Bonchev–Trinajstić information content (AvgIpc) is 2.39. The quantitative estimate of drug-likeness (QED) is 0.667. The molecular weight excluding hydrogens is 292 g/mol. The van der Waals surface area contributed by atoms with Gasteiger partial charge in [0.2, 0.25) is 0 Å². The summed E-state index contributed by atoms with van der Waals surface area (Å²) in [7, 11) is 0. The van der Waals surface area contributed by atoms with Crippen LogP contribution in [-0.4, -0.2) is 22.2 Å². The largest absolute Gasteiger partial charge is 0.481 e. The van der Waals surface area contributed by atoms with E-state index in [4.69, 9.17) is 10.2 Å². The summed E-state index contributed by atoms with van der Waals surface area (Å²) in [6.07, 6.45) is 8.72. The van der Waals surface area contributed by atoms with Crippen LogP contribution in [0.3, 0.4) is 0 Å².